The Bertz CT molecular complexity index is 1460. The van der Waals surface area contributed by atoms with E-state index in [4.69, 9.17) is 5.84 Å². The van der Waals surface area contributed by atoms with Gasteiger partial charge in [-0.1, -0.05) is 90.1 Å². The molecule has 0 aliphatic rings. The predicted octanol–water partition coefficient (Wildman–Crippen LogP) is 4.76. The van der Waals surface area contributed by atoms with Gasteiger partial charge in [-0.2, -0.15) is 5.10 Å². The van der Waals surface area contributed by atoms with E-state index in [0.717, 1.165) is 28.1 Å². The molecule has 0 aliphatic heterocycles. The average Bonchev–Trinajstić information content (AvgIpc) is 3.51. The molecule has 2 aromatic heterocycles. The molecular weight excluding hydrogens is 458 g/mol. The number of H-pyrrole nitrogens is 1. The number of benzene rings is 3. The topological polar surface area (TPSA) is 115 Å². The van der Waals surface area contributed by atoms with Crippen molar-refractivity contribution in [2.75, 3.05) is 16.9 Å². The van der Waals surface area contributed by atoms with E-state index >= 15 is 0 Å². The third kappa shape index (κ3) is 4.95. The van der Waals surface area contributed by atoms with Crippen molar-refractivity contribution in [1.29, 1.82) is 0 Å². The first kappa shape index (κ1) is 22.4. The lowest BCUT2D eigenvalue weighted by atomic mass is 10.0. The Kier molecular flexibility index (Phi) is 6.32. The van der Waals surface area contributed by atoms with Crippen molar-refractivity contribution in [2.24, 2.45) is 0 Å². The van der Waals surface area contributed by atoms with Crippen LogP contribution in [0.3, 0.4) is 0 Å². The fourth-order valence-electron chi connectivity index (χ4n) is 3.65. The number of carbonyl (C=O) groups is 1. The number of hydrogen-bond donors (Lipinski definition) is 3. The molecule has 3 aromatic carbocycles. The Morgan fingerprint density at radius 2 is 1.71 bits per heavy atom. The molecule has 2 heterocycles. The second-order valence-electron chi connectivity index (χ2n) is 7.96. The maximum Gasteiger partial charge on any atom is 0.234 e. The van der Waals surface area contributed by atoms with E-state index in [1.165, 1.54) is 22.0 Å². The van der Waals surface area contributed by atoms with E-state index in [1.807, 2.05) is 91.9 Å². The Hall–Kier alpha value is -4.37. The molecule has 4 N–H and O–H groups in total. The quantitative estimate of drug-likeness (QED) is 0.228. The molecule has 174 valence electrons. The summed E-state index contributed by atoms with van der Waals surface area (Å²) in [6.07, 6.45) is 0. The highest BCUT2D eigenvalue weighted by atomic mass is 32.2. The van der Waals surface area contributed by atoms with Crippen LogP contribution in [0.25, 0.3) is 33.9 Å². The molecule has 0 radical (unpaired) electrons. The average molecular weight is 482 g/mol. The first-order valence-electron chi connectivity index (χ1n) is 11.0. The Morgan fingerprint density at radius 1 is 0.971 bits per heavy atom. The van der Waals surface area contributed by atoms with Crippen LogP contribution < -0.4 is 11.2 Å². The molecular formula is C26H23N7OS. The van der Waals surface area contributed by atoms with Gasteiger partial charge >= 0.3 is 0 Å². The molecule has 1 amide bonds. The predicted molar refractivity (Wildman–Crippen MR) is 139 cm³/mol. The number of nitrogens with two attached hydrogens (primary N) is 1. The van der Waals surface area contributed by atoms with Gasteiger partial charge in [0.25, 0.3) is 0 Å². The van der Waals surface area contributed by atoms with Gasteiger partial charge in [0, 0.05) is 16.8 Å². The molecule has 0 bridgehead atoms. The highest BCUT2D eigenvalue weighted by molar-refractivity contribution is 7.99. The first-order valence-corrected chi connectivity index (χ1v) is 12.0. The van der Waals surface area contributed by atoms with Gasteiger partial charge in [-0.3, -0.25) is 9.89 Å². The minimum atomic E-state index is -0.161. The zero-order valence-electron chi connectivity index (χ0n) is 19.0. The van der Waals surface area contributed by atoms with Gasteiger partial charge in [-0.25, -0.2) is 4.68 Å². The number of carbonyl (C=O) groups excluding carboxylic acids is 1. The summed E-state index contributed by atoms with van der Waals surface area (Å²) in [5, 5.41) is 19.1. The zero-order chi connectivity index (χ0) is 24.2. The Labute approximate surface area is 206 Å². The van der Waals surface area contributed by atoms with Gasteiger partial charge in [0.05, 0.1) is 11.4 Å². The molecule has 5 aromatic rings. The fourth-order valence-corrected chi connectivity index (χ4v) is 4.30. The third-order valence-electron chi connectivity index (χ3n) is 5.45. The van der Waals surface area contributed by atoms with E-state index < -0.39 is 0 Å². The van der Waals surface area contributed by atoms with Crippen LogP contribution in [0.4, 0.5) is 5.69 Å². The molecule has 0 unspecified atom stereocenters. The number of nitrogens with zero attached hydrogens (tertiary/aromatic N) is 4. The van der Waals surface area contributed by atoms with Crippen molar-refractivity contribution >= 4 is 23.4 Å². The lowest BCUT2D eigenvalue weighted by Crippen LogP contribution is -2.17. The fraction of sp³-hybridized carbons (Fsp3) is 0.0769. The molecule has 0 saturated carbocycles. The minimum Gasteiger partial charge on any atom is -0.335 e. The summed E-state index contributed by atoms with van der Waals surface area (Å²) in [4.78, 5) is 12.7. The van der Waals surface area contributed by atoms with E-state index in [1.54, 1.807) is 0 Å². The van der Waals surface area contributed by atoms with Crippen LogP contribution in [0.15, 0.2) is 90.1 Å². The van der Waals surface area contributed by atoms with Gasteiger partial charge in [0.15, 0.2) is 0 Å². The SMILES string of the molecule is Cc1ccc(-c2cc(-c3nnc(SCC(=O)Nc4ccccc4-c4ccccc4)n3N)[nH]n2)cc1. The normalized spacial score (nSPS) is 10.9. The summed E-state index contributed by atoms with van der Waals surface area (Å²) in [6, 6.07) is 27.6. The first-order chi connectivity index (χ1) is 17.1. The summed E-state index contributed by atoms with van der Waals surface area (Å²) < 4.78 is 1.36. The zero-order valence-corrected chi connectivity index (χ0v) is 19.8. The molecule has 9 heteroatoms. The van der Waals surface area contributed by atoms with Crippen LogP contribution in [-0.2, 0) is 4.79 Å². The number of amides is 1. The van der Waals surface area contributed by atoms with Crippen molar-refractivity contribution in [3.05, 3.63) is 90.5 Å². The van der Waals surface area contributed by atoms with Gasteiger partial charge in [-0.15, -0.1) is 10.2 Å². The van der Waals surface area contributed by atoms with E-state index in [9.17, 15) is 4.79 Å². The number of nitrogen functional groups attached to an aromatic ring is 1. The van der Waals surface area contributed by atoms with Gasteiger partial charge < -0.3 is 11.2 Å². The van der Waals surface area contributed by atoms with Crippen LogP contribution >= 0.6 is 11.8 Å². The van der Waals surface area contributed by atoms with E-state index in [-0.39, 0.29) is 11.7 Å². The van der Waals surface area contributed by atoms with Crippen LogP contribution in [0.1, 0.15) is 5.56 Å². The van der Waals surface area contributed by atoms with Crippen LogP contribution in [-0.4, -0.2) is 36.7 Å². The number of para-hydroxylation sites is 1. The van der Waals surface area contributed by atoms with Crippen LogP contribution in [0.2, 0.25) is 0 Å². The Morgan fingerprint density at radius 3 is 2.51 bits per heavy atom. The standard InChI is InChI=1S/C26H23N7OS/c1-17-11-13-19(14-12-17)22-15-23(30-29-22)25-31-32-26(33(25)27)35-16-24(34)28-21-10-6-5-9-20(21)18-7-3-2-4-8-18/h2-15H,16,27H2,1H3,(H,28,34)(H,29,30). The number of aromatic nitrogens is 5. The van der Waals surface area contributed by atoms with E-state index in [0.29, 0.717) is 16.7 Å². The smallest absolute Gasteiger partial charge is 0.234 e. The third-order valence-corrected chi connectivity index (χ3v) is 6.39. The summed E-state index contributed by atoms with van der Waals surface area (Å²) in [5.74, 6) is 6.65. The Balaban J connectivity index is 1.26. The highest BCUT2D eigenvalue weighted by Gasteiger charge is 2.17. The van der Waals surface area contributed by atoms with Crippen molar-refractivity contribution < 1.29 is 4.79 Å². The second kappa shape index (κ2) is 9.86. The van der Waals surface area contributed by atoms with E-state index in [2.05, 4.69) is 25.7 Å². The molecule has 5 rings (SSSR count). The number of rotatable bonds is 7. The molecule has 0 saturated heterocycles. The number of aromatic amines is 1. The van der Waals surface area contributed by atoms with Crippen molar-refractivity contribution in [3.8, 4) is 33.9 Å². The number of aryl methyl sites for hydroxylation is 1. The molecule has 0 fully saturated rings. The van der Waals surface area contributed by atoms with Crippen LogP contribution in [0.5, 0.6) is 0 Å². The number of anilines is 1. The molecule has 0 atom stereocenters. The lowest BCUT2D eigenvalue weighted by molar-refractivity contribution is -0.113. The van der Waals surface area contributed by atoms with Crippen molar-refractivity contribution in [1.82, 2.24) is 25.1 Å². The monoisotopic (exact) mass is 481 g/mol. The number of hydrogen-bond acceptors (Lipinski definition) is 6. The molecule has 0 spiro atoms. The molecule has 35 heavy (non-hydrogen) atoms. The van der Waals surface area contributed by atoms with Gasteiger partial charge in [0.1, 0.15) is 5.69 Å². The van der Waals surface area contributed by atoms with Crippen molar-refractivity contribution in [2.45, 2.75) is 12.1 Å². The lowest BCUT2D eigenvalue weighted by Gasteiger charge is -2.11. The summed E-state index contributed by atoms with van der Waals surface area (Å²) in [7, 11) is 0. The van der Waals surface area contributed by atoms with Gasteiger partial charge in [-0.05, 0) is 24.6 Å². The summed E-state index contributed by atoms with van der Waals surface area (Å²) in [6.45, 7) is 2.04. The molecule has 0 aliphatic carbocycles. The largest absolute Gasteiger partial charge is 0.335 e. The minimum absolute atomic E-state index is 0.135. The number of nitrogens with one attached hydrogen (secondary N) is 2. The maximum atomic E-state index is 12.7. The van der Waals surface area contributed by atoms with Gasteiger partial charge in [0.2, 0.25) is 16.9 Å². The molecule has 8 nitrogen and oxygen atoms in total. The summed E-state index contributed by atoms with van der Waals surface area (Å²) in [5.41, 5.74) is 6.34. The number of thioether (sulfide) groups is 1. The van der Waals surface area contributed by atoms with Crippen molar-refractivity contribution in [3.63, 3.8) is 0 Å². The summed E-state index contributed by atoms with van der Waals surface area (Å²) >= 11 is 1.21. The second-order valence-corrected chi connectivity index (χ2v) is 8.90. The highest BCUT2D eigenvalue weighted by Crippen LogP contribution is 2.28. The van der Waals surface area contributed by atoms with Crippen LogP contribution in [0, 0.1) is 6.92 Å². The maximum absolute atomic E-state index is 12.7.